The number of hydrogen-bond acceptors (Lipinski definition) is 4. The summed E-state index contributed by atoms with van der Waals surface area (Å²) in [6, 6.07) is -0.536. The highest BCUT2D eigenvalue weighted by Crippen LogP contribution is 2.10. The second-order valence-corrected chi connectivity index (χ2v) is 4.92. The first-order chi connectivity index (χ1) is 8.54. The van der Waals surface area contributed by atoms with E-state index in [1.165, 1.54) is 0 Å². The van der Waals surface area contributed by atoms with Crippen molar-refractivity contribution in [3.05, 3.63) is 0 Å². The van der Waals surface area contributed by atoms with Crippen LogP contribution in [-0.4, -0.2) is 35.7 Å². The molecule has 0 spiro atoms. The Morgan fingerprint density at radius 2 is 2.28 bits per heavy atom. The fourth-order valence-corrected chi connectivity index (χ4v) is 1.76. The van der Waals surface area contributed by atoms with Crippen LogP contribution in [0.3, 0.4) is 0 Å². The molecule has 0 saturated carbocycles. The molecule has 1 aliphatic rings. The van der Waals surface area contributed by atoms with Crippen LogP contribution in [0.4, 0.5) is 0 Å². The average molecular weight is 258 g/mol. The van der Waals surface area contributed by atoms with Gasteiger partial charge in [-0.2, -0.15) is 0 Å². The number of rotatable bonds is 5. The smallest absolute Gasteiger partial charge is 0.266 e. The zero-order chi connectivity index (χ0) is 13.5. The molecule has 0 radical (unpaired) electrons. The molecule has 1 aliphatic heterocycles. The average Bonchev–Trinajstić information content (AvgIpc) is 2.54. The van der Waals surface area contributed by atoms with Crippen LogP contribution in [0, 0.1) is 5.92 Å². The van der Waals surface area contributed by atoms with Gasteiger partial charge in [0.1, 0.15) is 12.1 Å². The Balaban J connectivity index is 2.41. The number of aliphatic hydroxyl groups is 1. The Hall–Kier alpha value is -1.14. The predicted molar refractivity (Wildman–Crippen MR) is 65.3 cm³/mol. The normalized spacial score (nSPS) is 22.2. The first kappa shape index (κ1) is 14.9. The van der Waals surface area contributed by atoms with Gasteiger partial charge in [-0.3, -0.25) is 14.4 Å². The van der Waals surface area contributed by atoms with Crippen molar-refractivity contribution < 1.29 is 19.5 Å². The summed E-state index contributed by atoms with van der Waals surface area (Å²) in [6.45, 7) is 3.62. The molecular weight excluding hydrogens is 236 g/mol. The van der Waals surface area contributed by atoms with Crippen LogP contribution in [0.1, 0.15) is 39.5 Å². The van der Waals surface area contributed by atoms with Gasteiger partial charge in [0.05, 0.1) is 6.61 Å². The summed E-state index contributed by atoms with van der Waals surface area (Å²) in [4.78, 5) is 28.3. The molecule has 6 heteroatoms. The fraction of sp³-hybridized carbons (Fsp3) is 0.833. The Kier molecular flexibility index (Phi) is 6.07. The summed E-state index contributed by atoms with van der Waals surface area (Å²) < 4.78 is 0. The third kappa shape index (κ3) is 4.62. The molecule has 0 aromatic heterocycles. The van der Waals surface area contributed by atoms with Gasteiger partial charge in [0.15, 0.2) is 0 Å². The Morgan fingerprint density at radius 1 is 1.56 bits per heavy atom. The highest BCUT2D eigenvalue weighted by atomic mass is 16.7. The zero-order valence-electron chi connectivity index (χ0n) is 10.9. The van der Waals surface area contributed by atoms with Gasteiger partial charge < -0.3 is 10.4 Å². The second kappa shape index (κ2) is 7.33. The van der Waals surface area contributed by atoms with E-state index in [1.807, 2.05) is 13.8 Å². The number of amides is 2. The topological polar surface area (TPSA) is 87.7 Å². The lowest BCUT2D eigenvalue weighted by Crippen LogP contribution is -2.47. The second-order valence-electron chi connectivity index (χ2n) is 4.92. The van der Waals surface area contributed by atoms with Gasteiger partial charge in [-0.1, -0.05) is 20.3 Å². The van der Waals surface area contributed by atoms with Crippen LogP contribution in [0.2, 0.25) is 0 Å². The SMILES string of the molecule is CC(C)[C@H](CO)ONC(=O)[C@@H]1CCCCC(=O)N1. The summed E-state index contributed by atoms with van der Waals surface area (Å²) in [5.74, 6) is -0.362. The van der Waals surface area contributed by atoms with Crippen molar-refractivity contribution in [3.63, 3.8) is 0 Å². The predicted octanol–water partition coefficient (Wildman–Crippen LogP) is 0.110. The lowest BCUT2D eigenvalue weighted by Gasteiger charge is -2.21. The van der Waals surface area contributed by atoms with Crippen LogP contribution >= 0.6 is 0 Å². The van der Waals surface area contributed by atoms with Gasteiger partial charge in [-0.15, -0.1) is 0 Å². The first-order valence-electron chi connectivity index (χ1n) is 6.40. The number of hydrogen-bond donors (Lipinski definition) is 3. The molecule has 0 unspecified atom stereocenters. The zero-order valence-corrected chi connectivity index (χ0v) is 10.9. The number of carbonyl (C=O) groups excluding carboxylic acids is 2. The van der Waals surface area contributed by atoms with Gasteiger partial charge in [0.2, 0.25) is 5.91 Å². The summed E-state index contributed by atoms with van der Waals surface area (Å²) >= 11 is 0. The molecule has 2 atom stereocenters. The maximum Gasteiger partial charge on any atom is 0.266 e. The molecule has 1 saturated heterocycles. The van der Waals surface area contributed by atoms with Crippen molar-refractivity contribution in [2.75, 3.05) is 6.61 Å². The Morgan fingerprint density at radius 3 is 2.89 bits per heavy atom. The van der Waals surface area contributed by atoms with Crippen molar-refractivity contribution in [1.82, 2.24) is 10.8 Å². The van der Waals surface area contributed by atoms with E-state index in [4.69, 9.17) is 9.94 Å². The van der Waals surface area contributed by atoms with E-state index in [2.05, 4.69) is 10.8 Å². The number of hydroxylamine groups is 1. The fourth-order valence-electron chi connectivity index (χ4n) is 1.76. The third-order valence-electron chi connectivity index (χ3n) is 3.03. The van der Waals surface area contributed by atoms with Gasteiger partial charge in [0.25, 0.3) is 5.91 Å². The van der Waals surface area contributed by atoms with E-state index in [1.54, 1.807) is 0 Å². The van der Waals surface area contributed by atoms with Crippen LogP contribution < -0.4 is 10.8 Å². The summed E-state index contributed by atoms with van der Waals surface area (Å²) in [7, 11) is 0. The molecule has 0 aromatic rings. The molecule has 3 N–H and O–H groups in total. The van der Waals surface area contributed by atoms with Gasteiger partial charge >= 0.3 is 0 Å². The number of nitrogens with one attached hydrogen (secondary N) is 2. The summed E-state index contributed by atoms with van der Waals surface area (Å²) in [5, 5.41) is 11.7. The van der Waals surface area contributed by atoms with Crippen LogP contribution in [0.5, 0.6) is 0 Å². The van der Waals surface area contributed by atoms with E-state index in [0.29, 0.717) is 12.8 Å². The van der Waals surface area contributed by atoms with Gasteiger partial charge in [0, 0.05) is 6.42 Å². The van der Waals surface area contributed by atoms with E-state index in [0.717, 1.165) is 12.8 Å². The van der Waals surface area contributed by atoms with Crippen LogP contribution in [0.25, 0.3) is 0 Å². The molecule has 6 nitrogen and oxygen atoms in total. The minimum atomic E-state index is -0.536. The molecular formula is C12H22N2O4. The van der Waals surface area contributed by atoms with E-state index >= 15 is 0 Å². The Labute approximate surface area is 107 Å². The maximum absolute atomic E-state index is 11.8. The maximum atomic E-state index is 11.8. The van der Waals surface area contributed by atoms with E-state index in [9.17, 15) is 9.59 Å². The third-order valence-corrected chi connectivity index (χ3v) is 3.03. The molecule has 1 fully saturated rings. The lowest BCUT2D eigenvalue weighted by atomic mass is 10.1. The molecule has 104 valence electrons. The van der Waals surface area contributed by atoms with Crippen molar-refractivity contribution in [2.24, 2.45) is 5.92 Å². The van der Waals surface area contributed by atoms with Crippen molar-refractivity contribution in [1.29, 1.82) is 0 Å². The summed E-state index contributed by atoms with van der Waals surface area (Å²) in [6.07, 6.45) is 2.30. The molecule has 0 aliphatic carbocycles. The molecule has 0 aromatic carbocycles. The molecule has 1 rings (SSSR count). The molecule has 18 heavy (non-hydrogen) atoms. The first-order valence-corrected chi connectivity index (χ1v) is 6.40. The minimum Gasteiger partial charge on any atom is -0.394 e. The van der Waals surface area contributed by atoms with E-state index < -0.39 is 12.1 Å². The van der Waals surface area contributed by atoms with Crippen LogP contribution in [0.15, 0.2) is 0 Å². The van der Waals surface area contributed by atoms with Crippen molar-refractivity contribution >= 4 is 11.8 Å². The van der Waals surface area contributed by atoms with Crippen molar-refractivity contribution in [2.45, 2.75) is 51.7 Å². The largest absolute Gasteiger partial charge is 0.394 e. The number of aliphatic hydroxyl groups excluding tert-OH is 1. The molecule has 0 bridgehead atoms. The van der Waals surface area contributed by atoms with Crippen molar-refractivity contribution in [3.8, 4) is 0 Å². The van der Waals surface area contributed by atoms with Crippen LogP contribution in [-0.2, 0) is 14.4 Å². The van der Waals surface area contributed by atoms with Gasteiger partial charge in [-0.05, 0) is 18.8 Å². The summed E-state index contributed by atoms with van der Waals surface area (Å²) in [5.41, 5.74) is 2.32. The highest BCUT2D eigenvalue weighted by Gasteiger charge is 2.24. The van der Waals surface area contributed by atoms with E-state index in [-0.39, 0.29) is 24.3 Å². The minimum absolute atomic E-state index is 0.0963. The molecule has 2 amide bonds. The van der Waals surface area contributed by atoms with Gasteiger partial charge in [-0.25, -0.2) is 5.48 Å². The highest BCUT2D eigenvalue weighted by molar-refractivity contribution is 5.87. The molecule has 1 heterocycles. The quantitative estimate of drug-likeness (QED) is 0.611. The number of carbonyl (C=O) groups is 2. The standard InChI is InChI=1S/C12H22N2O4/c1-8(2)10(7-15)18-14-12(17)9-5-3-4-6-11(16)13-9/h8-10,15H,3-7H2,1-2H3,(H,13,16)(H,14,17)/t9-,10-/m0/s1. The monoisotopic (exact) mass is 258 g/mol. The lowest BCUT2D eigenvalue weighted by molar-refractivity contribution is -0.147. The Bertz CT molecular complexity index is 294.